The molecule has 8 atom stereocenters. The molecule has 0 saturated heterocycles. The van der Waals surface area contributed by atoms with Gasteiger partial charge in [0.25, 0.3) is 0 Å². The van der Waals surface area contributed by atoms with Gasteiger partial charge in [-0.15, -0.1) is 0 Å². The Bertz CT molecular complexity index is 659. The van der Waals surface area contributed by atoms with E-state index in [2.05, 4.69) is 13.0 Å². The van der Waals surface area contributed by atoms with Gasteiger partial charge in [0, 0.05) is 17.8 Å². The van der Waals surface area contributed by atoms with Crippen LogP contribution in [0.1, 0.15) is 59.3 Å². The first-order chi connectivity index (χ1) is 12.7. The van der Waals surface area contributed by atoms with Crippen molar-refractivity contribution in [3.05, 3.63) is 11.6 Å². The smallest absolute Gasteiger partial charge is 0.302 e. The molecule has 4 aliphatic carbocycles. The largest absolute Gasteiger partial charge is 0.465 e. The SMILES string of the molecule is CC(=O)OC[C@]1(C)C2C[C@H](O)[C@]34C=C(CO)[C@H](CCC3[C@]2(C)CC[C@H]1O)C4. The predicted octanol–water partition coefficient (Wildman–Crippen LogP) is 2.43. The van der Waals surface area contributed by atoms with Crippen LogP contribution in [0.15, 0.2) is 11.6 Å². The van der Waals surface area contributed by atoms with Crippen molar-refractivity contribution in [2.45, 2.75) is 71.5 Å². The van der Waals surface area contributed by atoms with E-state index in [1.165, 1.54) is 6.92 Å². The van der Waals surface area contributed by atoms with Crippen LogP contribution in [0.5, 0.6) is 0 Å². The average molecular weight is 379 g/mol. The van der Waals surface area contributed by atoms with E-state index < -0.39 is 17.6 Å². The first kappa shape index (κ1) is 19.4. The van der Waals surface area contributed by atoms with E-state index in [0.717, 1.165) is 31.3 Å². The van der Waals surface area contributed by atoms with E-state index in [1.807, 2.05) is 6.92 Å². The monoisotopic (exact) mass is 378 g/mol. The van der Waals surface area contributed by atoms with Crippen LogP contribution in [0, 0.1) is 34.0 Å². The lowest BCUT2D eigenvalue weighted by Gasteiger charge is -2.66. The minimum absolute atomic E-state index is 0.0142. The highest BCUT2D eigenvalue weighted by Crippen LogP contribution is 2.70. The van der Waals surface area contributed by atoms with Crippen molar-refractivity contribution in [2.75, 3.05) is 13.2 Å². The third-order valence-electron chi connectivity index (χ3n) is 8.99. The van der Waals surface area contributed by atoms with E-state index in [1.54, 1.807) is 0 Å². The van der Waals surface area contributed by atoms with Crippen molar-refractivity contribution >= 4 is 5.97 Å². The number of carbonyl (C=O) groups is 1. The van der Waals surface area contributed by atoms with Gasteiger partial charge >= 0.3 is 5.97 Å². The highest BCUT2D eigenvalue weighted by molar-refractivity contribution is 5.65. The van der Waals surface area contributed by atoms with Gasteiger partial charge in [0.15, 0.2) is 0 Å². The highest BCUT2D eigenvalue weighted by atomic mass is 16.5. The second-order valence-electron chi connectivity index (χ2n) is 10.2. The molecule has 0 amide bonds. The van der Waals surface area contributed by atoms with Crippen molar-refractivity contribution in [1.82, 2.24) is 0 Å². The molecule has 0 aromatic rings. The fourth-order valence-corrected chi connectivity index (χ4v) is 7.62. The van der Waals surface area contributed by atoms with E-state index in [9.17, 15) is 20.1 Å². The molecule has 152 valence electrons. The van der Waals surface area contributed by atoms with Gasteiger partial charge in [0.05, 0.1) is 25.4 Å². The number of ether oxygens (including phenoxy) is 1. The number of carbonyl (C=O) groups excluding carboxylic acids is 1. The molecule has 0 heterocycles. The van der Waals surface area contributed by atoms with Crippen molar-refractivity contribution in [1.29, 1.82) is 0 Å². The Hall–Kier alpha value is -0.910. The molecule has 0 radical (unpaired) electrons. The Morgan fingerprint density at radius 1 is 1.19 bits per heavy atom. The number of rotatable bonds is 3. The summed E-state index contributed by atoms with van der Waals surface area (Å²) in [5, 5.41) is 32.0. The molecule has 0 aromatic carbocycles. The summed E-state index contributed by atoms with van der Waals surface area (Å²) in [6, 6.07) is 0. The van der Waals surface area contributed by atoms with Gasteiger partial charge in [-0.05, 0) is 67.3 Å². The zero-order chi connectivity index (χ0) is 19.6. The fraction of sp³-hybridized carbons (Fsp3) is 0.864. The Morgan fingerprint density at radius 2 is 1.93 bits per heavy atom. The minimum atomic E-state index is -0.541. The van der Waals surface area contributed by atoms with E-state index >= 15 is 0 Å². The molecule has 5 nitrogen and oxygen atoms in total. The molecule has 4 rings (SSSR count). The van der Waals surface area contributed by atoms with Crippen LogP contribution in [0.3, 0.4) is 0 Å². The number of hydrogen-bond acceptors (Lipinski definition) is 5. The maximum absolute atomic E-state index is 11.5. The molecular weight excluding hydrogens is 344 g/mol. The standard InChI is InChI=1S/C22H34O5/c1-13(24)27-12-21(3)17-8-19(26)22-9-14(15(10-22)11-23)4-5-16(22)20(17,2)7-6-18(21)25/h10,14,16-19,23,25-26H,4-9,11-12H2,1-3H3/t14-,16?,17?,18-,19+,20+,21-,22-/m1/s1. The third-order valence-corrected chi connectivity index (χ3v) is 8.99. The highest BCUT2D eigenvalue weighted by Gasteiger charge is 2.67. The molecule has 5 heteroatoms. The zero-order valence-electron chi connectivity index (χ0n) is 16.8. The average Bonchev–Trinajstić information content (AvgIpc) is 2.91. The number of fused-ring (bicyclic) bond motifs is 3. The fourth-order valence-electron chi connectivity index (χ4n) is 7.62. The summed E-state index contributed by atoms with van der Waals surface area (Å²) >= 11 is 0. The summed E-state index contributed by atoms with van der Waals surface area (Å²) < 4.78 is 5.39. The van der Waals surface area contributed by atoms with E-state index in [4.69, 9.17) is 4.74 Å². The molecular formula is C22H34O5. The summed E-state index contributed by atoms with van der Waals surface area (Å²) in [5.74, 6) is 0.517. The molecule has 27 heavy (non-hydrogen) atoms. The van der Waals surface area contributed by atoms with Crippen LogP contribution in [-0.4, -0.2) is 46.7 Å². The summed E-state index contributed by atoms with van der Waals surface area (Å²) in [4.78, 5) is 11.5. The first-order valence-electron chi connectivity index (χ1n) is 10.5. The molecule has 0 aromatic heterocycles. The Morgan fingerprint density at radius 3 is 2.59 bits per heavy atom. The summed E-state index contributed by atoms with van der Waals surface area (Å²) in [6.07, 6.45) is 6.52. The van der Waals surface area contributed by atoms with Crippen molar-refractivity contribution in [2.24, 2.45) is 34.0 Å². The number of aliphatic hydroxyl groups is 3. The first-order valence-corrected chi connectivity index (χ1v) is 10.5. The third kappa shape index (κ3) is 2.57. The van der Waals surface area contributed by atoms with Crippen LogP contribution in [0.25, 0.3) is 0 Å². The maximum atomic E-state index is 11.5. The van der Waals surface area contributed by atoms with E-state index in [0.29, 0.717) is 24.7 Å². The number of esters is 1. The van der Waals surface area contributed by atoms with E-state index in [-0.39, 0.29) is 35.9 Å². The van der Waals surface area contributed by atoms with Crippen LogP contribution in [-0.2, 0) is 9.53 Å². The van der Waals surface area contributed by atoms with Crippen molar-refractivity contribution in [3.8, 4) is 0 Å². The van der Waals surface area contributed by atoms with Gasteiger partial charge < -0.3 is 20.1 Å². The molecule has 0 aliphatic heterocycles. The molecule has 4 aliphatic rings. The van der Waals surface area contributed by atoms with Crippen molar-refractivity contribution < 1.29 is 24.9 Å². The molecule has 3 saturated carbocycles. The predicted molar refractivity (Wildman–Crippen MR) is 101 cm³/mol. The van der Waals surface area contributed by atoms with Crippen LogP contribution >= 0.6 is 0 Å². The van der Waals surface area contributed by atoms with Crippen LogP contribution in [0.2, 0.25) is 0 Å². The lowest BCUT2D eigenvalue weighted by Crippen LogP contribution is -2.64. The van der Waals surface area contributed by atoms with Gasteiger partial charge in [-0.2, -0.15) is 0 Å². The minimum Gasteiger partial charge on any atom is -0.465 e. The normalized spacial score (nSPS) is 51.2. The molecule has 2 bridgehead atoms. The Labute approximate surface area is 161 Å². The summed E-state index contributed by atoms with van der Waals surface area (Å²) in [7, 11) is 0. The van der Waals surface area contributed by atoms with Gasteiger partial charge in [-0.1, -0.05) is 19.9 Å². The summed E-state index contributed by atoms with van der Waals surface area (Å²) in [5.41, 5.74) is 0.314. The second-order valence-corrected chi connectivity index (χ2v) is 10.2. The Kier molecular flexibility index (Phi) is 4.53. The second kappa shape index (κ2) is 6.30. The molecule has 3 N–H and O–H groups in total. The number of hydrogen-bond donors (Lipinski definition) is 3. The lowest BCUT2D eigenvalue weighted by atomic mass is 9.40. The van der Waals surface area contributed by atoms with Crippen LogP contribution < -0.4 is 0 Å². The van der Waals surface area contributed by atoms with Gasteiger partial charge in [0.1, 0.15) is 0 Å². The van der Waals surface area contributed by atoms with Crippen molar-refractivity contribution in [3.63, 3.8) is 0 Å². The van der Waals surface area contributed by atoms with Crippen LogP contribution in [0.4, 0.5) is 0 Å². The zero-order valence-corrected chi connectivity index (χ0v) is 16.8. The molecule has 1 spiro atoms. The summed E-state index contributed by atoms with van der Waals surface area (Å²) in [6.45, 7) is 6.07. The van der Waals surface area contributed by atoms with Gasteiger partial charge in [-0.3, -0.25) is 4.79 Å². The lowest BCUT2D eigenvalue weighted by molar-refractivity contribution is -0.224. The van der Waals surface area contributed by atoms with Gasteiger partial charge in [0.2, 0.25) is 0 Å². The quantitative estimate of drug-likeness (QED) is 0.519. The van der Waals surface area contributed by atoms with Gasteiger partial charge in [-0.25, -0.2) is 0 Å². The topological polar surface area (TPSA) is 87.0 Å². The Balaban J connectivity index is 1.73. The molecule has 2 unspecified atom stereocenters. The molecule has 3 fully saturated rings. The number of aliphatic hydroxyl groups excluding tert-OH is 3. The maximum Gasteiger partial charge on any atom is 0.302 e.